The number of anilines is 1. The lowest BCUT2D eigenvalue weighted by atomic mass is 9.91. The predicted octanol–water partition coefficient (Wildman–Crippen LogP) is 2.60. The van der Waals surface area contributed by atoms with Crippen LogP contribution in [0.15, 0.2) is 29.3 Å². The minimum Gasteiger partial charge on any atom is -0.370 e. The number of fused-ring (bicyclic) bond motifs is 1. The number of nitrogens with one attached hydrogen (secondary N) is 2. The first-order chi connectivity index (χ1) is 10.7. The van der Waals surface area contributed by atoms with E-state index in [-0.39, 0.29) is 11.8 Å². The smallest absolute Gasteiger partial charge is 0.225 e. The second kappa shape index (κ2) is 8.41. The second-order valence-corrected chi connectivity index (χ2v) is 5.75. The summed E-state index contributed by atoms with van der Waals surface area (Å²) in [5, 5.41) is 6.04. The van der Waals surface area contributed by atoms with Crippen molar-refractivity contribution in [2.45, 2.75) is 44.9 Å². The van der Waals surface area contributed by atoms with Gasteiger partial charge >= 0.3 is 0 Å². The summed E-state index contributed by atoms with van der Waals surface area (Å²) in [6.07, 6.45) is 5.27. The average molecular weight is 302 g/mol. The summed E-state index contributed by atoms with van der Waals surface area (Å²) in [6.45, 7) is 3.59. The molecule has 1 heterocycles. The Hall–Kier alpha value is -2.04. The molecule has 0 saturated heterocycles. The maximum absolute atomic E-state index is 11.7. The Bertz CT molecular complexity index is 527. The lowest BCUT2D eigenvalue weighted by molar-refractivity contribution is -0.116. The number of hydrogen-bond donors (Lipinski definition) is 3. The van der Waals surface area contributed by atoms with Gasteiger partial charge in [-0.1, -0.05) is 44.4 Å². The van der Waals surface area contributed by atoms with Crippen LogP contribution >= 0.6 is 0 Å². The maximum atomic E-state index is 11.7. The van der Waals surface area contributed by atoms with Gasteiger partial charge in [-0.05, 0) is 18.1 Å². The van der Waals surface area contributed by atoms with Gasteiger partial charge in [0.05, 0.1) is 6.54 Å². The zero-order chi connectivity index (χ0) is 15.8. The molecule has 0 radical (unpaired) electrons. The Morgan fingerprint density at radius 2 is 2.18 bits per heavy atom. The summed E-state index contributed by atoms with van der Waals surface area (Å²) >= 11 is 0. The molecule has 1 atom stereocenters. The first-order valence-electron chi connectivity index (χ1n) is 8.13. The molecule has 1 aliphatic rings. The second-order valence-electron chi connectivity index (χ2n) is 5.75. The number of para-hydroxylation sites is 1. The van der Waals surface area contributed by atoms with Crippen molar-refractivity contribution in [3.8, 4) is 0 Å². The van der Waals surface area contributed by atoms with Gasteiger partial charge < -0.3 is 16.4 Å². The van der Waals surface area contributed by atoms with Crippen LogP contribution in [0.1, 0.15) is 50.5 Å². The number of aliphatic imine (C=N–C) groups is 1. The van der Waals surface area contributed by atoms with Gasteiger partial charge in [0, 0.05) is 24.6 Å². The Kier molecular flexibility index (Phi) is 6.25. The minimum atomic E-state index is 0.0463. The SMILES string of the molecule is CCCCCCNC(N)=NCC1CC(=O)Nc2ccccc21. The van der Waals surface area contributed by atoms with E-state index in [0.717, 1.165) is 24.2 Å². The van der Waals surface area contributed by atoms with E-state index in [1.165, 1.54) is 19.3 Å². The van der Waals surface area contributed by atoms with Crippen LogP contribution in [0.3, 0.4) is 0 Å². The van der Waals surface area contributed by atoms with Crippen LogP contribution in [-0.2, 0) is 4.79 Å². The van der Waals surface area contributed by atoms with E-state index in [4.69, 9.17) is 5.73 Å². The third kappa shape index (κ3) is 4.76. The van der Waals surface area contributed by atoms with Crippen LogP contribution in [-0.4, -0.2) is 25.0 Å². The molecule has 1 amide bonds. The summed E-state index contributed by atoms with van der Waals surface area (Å²) in [5.74, 6) is 0.621. The number of guanidine groups is 1. The fourth-order valence-corrected chi connectivity index (χ4v) is 2.70. The fraction of sp³-hybridized carbons (Fsp3) is 0.529. The molecular formula is C17H26N4O. The van der Waals surface area contributed by atoms with Crippen LogP contribution in [0.4, 0.5) is 5.69 Å². The normalized spacial score (nSPS) is 17.8. The summed E-state index contributed by atoms with van der Waals surface area (Å²) in [7, 11) is 0. The summed E-state index contributed by atoms with van der Waals surface area (Å²) in [4.78, 5) is 16.1. The largest absolute Gasteiger partial charge is 0.370 e. The van der Waals surface area contributed by atoms with Gasteiger partial charge in [-0.15, -0.1) is 0 Å². The van der Waals surface area contributed by atoms with Crippen LogP contribution in [0, 0.1) is 0 Å². The Morgan fingerprint density at radius 1 is 1.36 bits per heavy atom. The number of benzene rings is 1. The number of nitrogens with zero attached hydrogens (tertiary/aromatic N) is 1. The van der Waals surface area contributed by atoms with Gasteiger partial charge in [0.1, 0.15) is 0 Å². The third-order valence-corrected chi connectivity index (χ3v) is 3.92. The highest BCUT2D eigenvalue weighted by Crippen LogP contribution is 2.31. The lowest BCUT2D eigenvalue weighted by Gasteiger charge is -2.24. The van der Waals surface area contributed by atoms with Crippen LogP contribution < -0.4 is 16.4 Å². The number of unbranched alkanes of at least 4 members (excludes halogenated alkanes) is 3. The number of carbonyl (C=O) groups is 1. The molecule has 0 spiro atoms. The Labute approximate surface area is 132 Å². The molecule has 1 aromatic rings. The molecule has 1 aromatic carbocycles. The summed E-state index contributed by atoms with van der Waals surface area (Å²) < 4.78 is 0. The van der Waals surface area contributed by atoms with Gasteiger partial charge in [-0.25, -0.2) is 0 Å². The summed E-state index contributed by atoms with van der Waals surface area (Å²) in [5.41, 5.74) is 7.93. The fourth-order valence-electron chi connectivity index (χ4n) is 2.70. The van der Waals surface area contributed by atoms with Crippen molar-refractivity contribution in [2.75, 3.05) is 18.4 Å². The van der Waals surface area contributed by atoms with Crippen molar-refractivity contribution in [3.63, 3.8) is 0 Å². The van der Waals surface area contributed by atoms with Crippen molar-refractivity contribution in [2.24, 2.45) is 10.7 Å². The van der Waals surface area contributed by atoms with Crippen molar-refractivity contribution >= 4 is 17.6 Å². The molecule has 0 saturated carbocycles. The number of amides is 1. The first-order valence-corrected chi connectivity index (χ1v) is 8.13. The monoisotopic (exact) mass is 302 g/mol. The number of hydrogen-bond acceptors (Lipinski definition) is 2. The summed E-state index contributed by atoms with van der Waals surface area (Å²) in [6, 6.07) is 7.89. The number of carbonyl (C=O) groups excluding carboxylic acids is 1. The van der Waals surface area contributed by atoms with Crippen molar-refractivity contribution in [1.29, 1.82) is 0 Å². The quantitative estimate of drug-likeness (QED) is 0.411. The number of rotatable bonds is 7. The van der Waals surface area contributed by atoms with Crippen LogP contribution in [0.2, 0.25) is 0 Å². The molecule has 1 aliphatic heterocycles. The molecular weight excluding hydrogens is 276 g/mol. The van der Waals surface area contributed by atoms with Gasteiger partial charge in [-0.2, -0.15) is 0 Å². The molecule has 22 heavy (non-hydrogen) atoms. The van der Waals surface area contributed by atoms with Gasteiger partial charge in [0.2, 0.25) is 5.91 Å². The Morgan fingerprint density at radius 3 is 3.00 bits per heavy atom. The zero-order valence-corrected chi connectivity index (χ0v) is 13.3. The molecule has 4 N–H and O–H groups in total. The van der Waals surface area contributed by atoms with E-state index in [1.54, 1.807) is 0 Å². The molecule has 1 unspecified atom stereocenters. The average Bonchev–Trinajstić information content (AvgIpc) is 2.52. The molecule has 5 nitrogen and oxygen atoms in total. The van der Waals surface area contributed by atoms with Crippen LogP contribution in [0.25, 0.3) is 0 Å². The third-order valence-electron chi connectivity index (χ3n) is 3.92. The van der Waals surface area contributed by atoms with Crippen molar-refractivity contribution in [3.05, 3.63) is 29.8 Å². The molecule has 0 bridgehead atoms. The standard InChI is InChI=1S/C17H26N4O/c1-2-3-4-7-10-19-17(18)20-12-13-11-16(22)21-15-9-6-5-8-14(13)15/h5-6,8-9,13H,2-4,7,10-12H2,1H3,(H,21,22)(H3,18,19,20). The van der Waals surface area contributed by atoms with Gasteiger partial charge in [-0.3, -0.25) is 9.79 Å². The highest BCUT2D eigenvalue weighted by molar-refractivity contribution is 5.94. The van der Waals surface area contributed by atoms with E-state index >= 15 is 0 Å². The van der Waals surface area contributed by atoms with Gasteiger partial charge in [0.15, 0.2) is 5.96 Å². The number of nitrogens with two attached hydrogens (primary N) is 1. The van der Waals surface area contributed by atoms with E-state index < -0.39 is 0 Å². The molecule has 0 aromatic heterocycles. The molecule has 120 valence electrons. The minimum absolute atomic E-state index is 0.0463. The van der Waals surface area contributed by atoms with Crippen LogP contribution in [0.5, 0.6) is 0 Å². The zero-order valence-electron chi connectivity index (χ0n) is 13.3. The molecule has 0 fully saturated rings. The molecule has 5 heteroatoms. The highest BCUT2D eigenvalue weighted by atomic mass is 16.1. The van der Waals surface area contributed by atoms with E-state index in [2.05, 4.69) is 22.5 Å². The Balaban J connectivity index is 1.85. The topological polar surface area (TPSA) is 79.5 Å². The lowest BCUT2D eigenvalue weighted by Crippen LogP contribution is -2.33. The predicted molar refractivity (Wildman–Crippen MR) is 91.1 cm³/mol. The van der Waals surface area contributed by atoms with Crippen molar-refractivity contribution in [1.82, 2.24) is 5.32 Å². The van der Waals surface area contributed by atoms with Crippen molar-refractivity contribution < 1.29 is 4.79 Å². The van der Waals surface area contributed by atoms with Gasteiger partial charge in [0.25, 0.3) is 0 Å². The first kappa shape index (κ1) is 16.3. The van der Waals surface area contributed by atoms with E-state index in [0.29, 0.717) is 18.9 Å². The molecule has 0 aliphatic carbocycles. The van der Waals surface area contributed by atoms with E-state index in [9.17, 15) is 4.79 Å². The highest BCUT2D eigenvalue weighted by Gasteiger charge is 2.24. The van der Waals surface area contributed by atoms with E-state index in [1.807, 2.05) is 24.3 Å². The molecule has 2 rings (SSSR count). The maximum Gasteiger partial charge on any atom is 0.225 e.